The number of nitrogens with one attached hydrogen (secondary N) is 1. The standard InChI is InChI=1S/C19H17IN4/c1-13-12-18(22-19(21-13)16-6-4-3-5-7-16)24-23-14(2)15-8-10-17(20)11-9-15/h3-12H,1-2H3,(H,21,22,24)/b23-14-. The van der Waals surface area contributed by atoms with Crippen molar-refractivity contribution in [3.05, 3.63) is 75.5 Å². The van der Waals surface area contributed by atoms with Crippen LogP contribution in [0.25, 0.3) is 11.4 Å². The Balaban J connectivity index is 1.84. The van der Waals surface area contributed by atoms with Gasteiger partial charge in [-0.25, -0.2) is 9.97 Å². The molecule has 1 N–H and O–H groups in total. The Kier molecular flexibility index (Phi) is 5.20. The molecule has 4 nitrogen and oxygen atoms in total. The van der Waals surface area contributed by atoms with Gasteiger partial charge in [-0.3, -0.25) is 5.43 Å². The number of hydrazone groups is 1. The summed E-state index contributed by atoms with van der Waals surface area (Å²) in [5, 5.41) is 4.44. The summed E-state index contributed by atoms with van der Waals surface area (Å²) in [5.41, 5.74) is 6.92. The molecule has 0 aliphatic rings. The molecule has 5 heteroatoms. The summed E-state index contributed by atoms with van der Waals surface area (Å²) in [6.07, 6.45) is 0. The zero-order valence-corrected chi connectivity index (χ0v) is 15.7. The Morgan fingerprint density at radius 1 is 1.00 bits per heavy atom. The van der Waals surface area contributed by atoms with E-state index in [1.54, 1.807) is 0 Å². The fraction of sp³-hybridized carbons (Fsp3) is 0.105. The fourth-order valence-electron chi connectivity index (χ4n) is 2.24. The van der Waals surface area contributed by atoms with Crippen LogP contribution in [0.4, 0.5) is 5.82 Å². The molecule has 0 fully saturated rings. The number of aryl methyl sites for hydroxylation is 1. The number of halogens is 1. The Morgan fingerprint density at radius 2 is 1.71 bits per heavy atom. The van der Waals surface area contributed by atoms with Crippen LogP contribution < -0.4 is 5.43 Å². The van der Waals surface area contributed by atoms with E-state index in [0.29, 0.717) is 11.6 Å². The molecule has 0 saturated heterocycles. The van der Waals surface area contributed by atoms with E-state index in [1.807, 2.05) is 50.2 Å². The maximum Gasteiger partial charge on any atom is 0.161 e. The molecular weight excluding hydrogens is 411 g/mol. The molecular formula is C19H17IN4. The summed E-state index contributed by atoms with van der Waals surface area (Å²) in [5.74, 6) is 1.38. The van der Waals surface area contributed by atoms with Crippen molar-refractivity contribution in [2.75, 3.05) is 5.43 Å². The van der Waals surface area contributed by atoms with Crippen LogP contribution >= 0.6 is 22.6 Å². The Hall–Kier alpha value is -2.28. The second-order valence-corrected chi connectivity index (χ2v) is 6.65. The largest absolute Gasteiger partial charge is 0.261 e. The lowest BCUT2D eigenvalue weighted by atomic mass is 10.1. The van der Waals surface area contributed by atoms with Gasteiger partial charge in [-0.15, -0.1) is 0 Å². The normalized spacial score (nSPS) is 11.4. The van der Waals surface area contributed by atoms with Gasteiger partial charge in [0.15, 0.2) is 11.6 Å². The third kappa shape index (κ3) is 4.17. The number of nitrogens with zero attached hydrogens (tertiary/aromatic N) is 3. The van der Waals surface area contributed by atoms with Gasteiger partial charge in [0.05, 0.1) is 5.71 Å². The highest BCUT2D eigenvalue weighted by molar-refractivity contribution is 14.1. The van der Waals surface area contributed by atoms with Crippen molar-refractivity contribution >= 4 is 34.1 Å². The van der Waals surface area contributed by atoms with Crippen LogP contribution in [-0.4, -0.2) is 15.7 Å². The van der Waals surface area contributed by atoms with E-state index in [4.69, 9.17) is 0 Å². The van der Waals surface area contributed by atoms with Crippen LogP contribution in [0.5, 0.6) is 0 Å². The molecule has 0 spiro atoms. The van der Waals surface area contributed by atoms with Crippen molar-refractivity contribution < 1.29 is 0 Å². The van der Waals surface area contributed by atoms with Gasteiger partial charge in [0.2, 0.25) is 0 Å². The smallest absolute Gasteiger partial charge is 0.161 e. The predicted molar refractivity (Wildman–Crippen MR) is 107 cm³/mol. The third-order valence-corrected chi connectivity index (χ3v) is 4.21. The lowest BCUT2D eigenvalue weighted by Gasteiger charge is -2.07. The quantitative estimate of drug-likeness (QED) is 0.366. The second-order valence-electron chi connectivity index (χ2n) is 5.40. The van der Waals surface area contributed by atoms with Crippen LogP contribution in [0, 0.1) is 10.5 Å². The molecule has 1 aromatic heterocycles. The van der Waals surface area contributed by atoms with E-state index in [9.17, 15) is 0 Å². The van der Waals surface area contributed by atoms with Gasteiger partial charge in [-0.1, -0.05) is 42.5 Å². The summed E-state index contributed by atoms with van der Waals surface area (Å²) in [6, 6.07) is 20.1. The molecule has 0 saturated carbocycles. The Labute approximate surface area is 155 Å². The van der Waals surface area contributed by atoms with Gasteiger partial charge in [-0.2, -0.15) is 5.10 Å². The van der Waals surface area contributed by atoms with Crippen LogP contribution in [-0.2, 0) is 0 Å². The van der Waals surface area contributed by atoms with E-state index >= 15 is 0 Å². The highest BCUT2D eigenvalue weighted by atomic mass is 127. The van der Waals surface area contributed by atoms with E-state index in [1.165, 1.54) is 3.57 Å². The number of benzene rings is 2. The first-order valence-corrected chi connectivity index (χ1v) is 8.67. The minimum Gasteiger partial charge on any atom is -0.261 e. The monoisotopic (exact) mass is 428 g/mol. The van der Waals surface area contributed by atoms with Gasteiger partial charge >= 0.3 is 0 Å². The minimum atomic E-state index is 0.686. The number of hydrogen-bond acceptors (Lipinski definition) is 4. The SMILES string of the molecule is C/C(=N/Nc1cc(C)nc(-c2ccccc2)n1)c1ccc(I)cc1. The molecule has 3 rings (SSSR count). The van der Waals surface area contributed by atoms with Crippen molar-refractivity contribution in [1.29, 1.82) is 0 Å². The van der Waals surface area contributed by atoms with Crippen LogP contribution in [0.3, 0.4) is 0 Å². The second kappa shape index (κ2) is 7.53. The molecule has 24 heavy (non-hydrogen) atoms. The van der Waals surface area contributed by atoms with Crippen LogP contribution in [0.1, 0.15) is 18.2 Å². The molecule has 0 aliphatic heterocycles. The Morgan fingerprint density at radius 3 is 2.42 bits per heavy atom. The lowest BCUT2D eigenvalue weighted by Crippen LogP contribution is -2.03. The number of anilines is 1. The summed E-state index contributed by atoms with van der Waals surface area (Å²) in [6.45, 7) is 3.93. The summed E-state index contributed by atoms with van der Waals surface area (Å²) >= 11 is 2.29. The van der Waals surface area contributed by atoms with Gasteiger partial charge in [-0.05, 0) is 54.1 Å². The first kappa shape index (κ1) is 16.6. The average molecular weight is 428 g/mol. The summed E-state index contributed by atoms with van der Waals surface area (Å²) in [7, 11) is 0. The maximum atomic E-state index is 4.55. The highest BCUT2D eigenvalue weighted by Crippen LogP contribution is 2.17. The van der Waals surface area contributed by atoms with Crippen molar-refractivity contribution in [3.63, 3.8) is 0 Å². The molecule has 0 atom stereocenters. The van der Waals surface area contributed by atoms with E-state index in [-0.39, 0.29) is 0 Å². The van der Waals surface area contributed by atoms with E-state index < -0.39 is 0 Å². The third-order valence-electron chi connectivity index (χ3n) is 3.49. The molecule has 3 aromatic rings. The molecule has 0 radical (unpaired) electrons. The molecule has 0 bridgehead atoms. The molecule has 0 aliphatic carbocycles. The van der Waals surface area contributed by atoms with E-state index in [2.05, 4.69) is 67.4 Å². The van der Waals surface area contributed by atoms with Gasteiger partial charge < -0.3 is 0 Å². The van der Waals surface area contributed by atoms with Gasteiger partial charge in [0.1, 0.15) is 0 Å². The minimum absolute atomic E-state index is 0.686. The molecule has 0 unspecified atom stereocenters. The molecule has 0 amide bonds. The van der Waals surface area contributed by atoms with Crippen molar-refractivity contribution in [3.8, 4) is 11.4 Å². The van der Waals surface area contributed by atoms with Crippen LogP contribution in [0.2, 0.25) is 0 Å². The Bertz CT molecular complexity index is 858. The summed E-state index contributed by atoms with van der Waals surface area (Å²) < 4.78 is 1.20. The predicted octanol–water partition coefficient (Wildman–Crippen LogP) is 4.89. The lowest BCUT2D eigenvalue weighted by molar-refractivity contribution is 1.09. The molecule has 1 heterocycles. The van der Waals surface area contributed by atoms with E-state index in [0.717, 1.165) is 22.5 Å². The average Bonchev–Trinajstić information content (AvgIpc) is 2.60. The topological polar surface area (TPSA) is 50.2 Å². The van der Waals surface area contributed by atoms with Crippen molar-refractivity contribution in [1.82, 2.24) is 9.97 Å². The summed E-state index contributed by atoms with van der Waals surface area (Å²) in [4.78, 5) is 9.05. The highest BCUT2D eigenvalue weighted by Gasteiger charge is 2.04. The van der Waals surface area contributed by atoms with Crippen LogP contribution in [0.15, 0.2) is 65.8 Å². The zero-order valence-electron chi connectivity index (χ0n) is 13.5. The zero-order chi connectivity index (χ0) is 16.9. The van der Waals surface area contributed by atoms with Gasteiger partial charge in [0, 0.05) is 20.9 Å². The van der Waals surface area contributed by atoms with Crippen molar-refractivity contribution in [2.45, 2.75) is 13.8 Å². The molecule has 120 valence electrons. The van der Waals surface area contributed by atoms with Crippen molar-refractivity contribution in [2.24, 2.45) is 5.10 Å². The first-order chi connectivity index (χ1) is 11.6. The fourth-order valence-corrected chi connectivity index (χ4v) is 2.60. The van der Waals surface area contributed by atoms with Gasteiger partial charge in [0.25, 0.3) is 0 Å². The maximum absolute atomic E-state index is 4.55. The first-order valence-electron chi connectivity index (χ1n) is 7.59. The number of aromatic nitrogens is 2. The molecule has 2 aromatic carbocycles. The number of hydrogen-bond donors (Lipinski definition) is 1. The number of rotatable bonds is 4.